The van der Waals surface area contributed by atoms with E-state index < -0.39 is 0 Å². The number of aromatic amines is 2. The van der Waals surface area contributed by atoms with E-state index in [2.05, 4.69) is 30.7 Å². The van der Waals surface area contributed by atoms with Crippen molar-refractivity contribution in [2.24, 2.45) is 0 Å². The molecule has 4 aromatic rings. The second-order valence-corrected chi connectivity index (χ2v) is 7.31. The summed E-state index contributed by atoms with van der Waals surface area (Å²) in [6.07, 6.45) is 0. The number of benzene rings is 2. The molecule has 2 aromatic heterocycles. The fraction of sp³-hybridized carbons (Fsp3) is 0.190. The van der Waals surface area contributed by atoms with Gasteiger partial charge in [-0.3, -0.25) is 19.6 Å². The van der Waals surface area contributed by atoms with E-state index in [9.17, 15) is 4.79 Å². The summed E-state index contributed by atoms with van der Waals surface area (Å²) in [6.45, 7) is 2.25. The van der Waals surface area contributed by atoms with Gasteiger partial charge >= 0.3 is 0 Å². The van der Waals surface area contributed by atoms with Gasteiger partial charge in [-0.15, -0.1) is 0 Å². The number of nitrogens with zero attached hydrogens (tertiary/aromatic N) is 4. The predicted molar refractivity (Wildman–Crippen MR) is 118 cm³/mol. The summed E-state index contributed by atoms with van der Waals surface area (Å²) in [4.78, 5) is 17.0. The van der Waals surface area contributed by atoms with Gasteiger partial charge in [0.05, 0.1) is 13.7 Å². The molecule has 158 valence electrons. The van der Waals surface area contributed by atoms with E-state index in [4.69, 9.17) is 17.0 Å². The molecule has 10 heteroatoms. The van der Waals surface area contributed by atoms with Crippen LogP contribution in [0.25, 0.3) is 22.8 Å². The number of hydrogen-bond donors (Lipinski definition) is 3. The van der Waals surface area contributed by atoms with Gasteiger partial charge in [-0.2, -0.15) is 10.2 Å². The number of amides is 1. The van der Waals surface area contributed by atoms with Crippen LogP contribution in [0, 0.1) is 11.7 Å². The normalized spacial score (nSPS) is 10.8. The Morgan fingerprint density at radius 1 is 1.13 bits per heavy atom. The van der Waals surface area contributed by atoms with Crippen LogP contribution in [0.1, 0.15) is 11.4 Å². The SMILES string of the molecule is COc1ccc(-c2n[nH]c(CNC(=O)Cn3c(-c4cccc(C)c4)n[nH]c3=S)n2)cc1. The Morgan fingerprint density at radius 3 is 2.68 bits per heavy atom. The average Bonchev–Trinajstić information content (AvgIpc) is 3.40. The largest absolute Gasteiger partial charge is 0.497 e. The van der Waals surface area contributed by atoms with Gasteiger partial charge in [0, 0.05) is 11.1 Å². The fourth-order valence-electron chi connectivity index (χ4n) is 3.09. The van der Waals surface area contributed by atoms with E-state index in [1.54, 1.807) is 11.7 Å². The molecule has 0 atom stereocenters. The van der Waals surface area contributed by atoms with Crippen LogP contribution in [-0.4, -0.2) is 43.0 Å². The number of rotatable bonds is 7. The summed E-state index contributed by atoms with van der Waals surface area (Å²) in [5.74, 6) is 2.26. The molecular weight excluding hydrogens is 414 g/mol. The van der Waals surface area contributed by atoms with Crippen molar-refractivity contribution in [3.8, 4) is 28.5 Å². The van der Waals surface area contributed by atoms with Crippen molar-refractivity contribution in [1.29, 1.82) is 0 Å². The Balaban J connectivity index is 1.41. The number of aromatic nitrogens is 6. The number of hydrogen-bond acceptors (Lipinski definition) is 6. The molecule has 3 N–H and O–H groups in total. The zero-order chi connectivity index (χ0) is 21.8. The maximum atomic E-state index is 12.5. The summed E-state index contributed by atoms with van der Waals surface area (Å²) in [7, 11) is 1.61. The van der Waals surface area contributed by atoms with Crippen LogP contribution in [0.5, 0.6) is 5.75 Å². The van der Waals surface area contributed by atoms with Gasteiger partial charge in [0.25, 0.3) is 0 Å². The summed E-state index contributed by atoms with van der Waals surface area (Å²) >= 11 is 5.30. The van der Waals surface area contributed by atoms with E-state index in [1.165, 1.54) is 0 Å². The Morgan fingerprint density at radius 2 is 1.94 bits per heavy atom. The van der Waals surface area contributed by atoms with Crippen molar-refractivity contribution < 1.29 is 9.53 Å². The number of H-pyrrole nitrogens is 2. The maximum Gasteiger partial charge on any atom is 0.240 e. The van der Waals surface area contributed by atoms with E-state index in [1.807, 2.05) is 55.5 Å². The first-order chi connectivity index (χ1) is 15.0. The monoisotopic (exact) mass is 435 g/mol. The number of carbonyl (C=O) groups is 1. The lowest BCUT2D eigenvalue weighted by atomic mass is 10.1. The molecule has 0 fully saturated rings. The molecule has 0 aliphatic carbocycles. The molecule has 0 radical (unpaired) electrons. The number of carbonyl (C=O) groups excluding carboxylic acids is 1. The molecule has 1 amide bonds. The van der Waals surface area contributed by atoms with Crippen LogP contribution in [-0.2, 0) is 17.9 Å². The molecule has 0 aliphatic rings. The summed E-state index contributed by atoms with van der Waals surface area (Å²) in [5.41, 5.74) is 2.84. The Bertz CT molecular complexity index is 1260. The van der Waals surface area contributed by atoms with Gasteiger partial charge in [0.2, 0.25) is 5.91 Å². The first-order valence-corrected chi connectivity index (χ1v) is 9.99. The topological polar surface area (TPSA) is 114 Å². The highest BCUT2D eigenvalue weighted by Gasteiger charge is 2.13. The van der Waals surface area contributed by atoms with Crippen molar-refractivity contribution in [3.63, 3.8) is 0 Å². The minimum Gasteiger partial charge on any atom is -0.497 e. The minimum atomic E-state index is -0.214. The number of nitrogens with one attached hydrogen (secondary N) is 3. The van der Waals surface area contributed by atoms with E-state index >= 15 is 0 Å². The first kappa shape index (κ1) is 20.5. The Labute approximate surface area is 183 Å². The second kappa shape index (κ2) is 8.92. The van der Waals surface area contributed by atoms with Gasteiger partial charge in [-0.1, -0.05) is 23.8 Å². The third-order valence-electron chi connectivity index (χ3n) is 4.67. The zero-order valence-corrected chi connectivity index (χ0v) is 17.9. The molecule has 0 unspecified atom stereocenters. The van der Waals surface area contributed by atoms with Gasteiger partial charge in [0.1, 0.15) is 18.1 Å². The number of methoxy groups -OCH3 is 1. The van der Waals surface area contributed by atoms with Crippen LogP contribution < -0.4 is 10.1 Å². The second-order valence-electron chi connectivity index (χ2n) is 6.92. The van der Waals surface area contributed by atoms with Crippen LogP contribution in [0.15, 0.2) is 48.5 Å². The molecule has 0 saturated heterocycles. The summed E-state index contributed by atoms with van der Waals surface area (Å²) in [6, 6.07) is 15.3. The van der Waals surface area contributed by atoms with E-state index in [0.29, 0.717) is 22.2 Å². The summed E-state index contributed by atoms with van der Waals surface area (Å²) < 4.78 is 7.21. The van der Waals surface area contributed by atoms with E-state index in [0.717, 1.165) is 22.4 Å². The highest BCUT2D eigenvalue weighted by atomic mass is 32.1. The molecular formula is C21H21N7O2S. The lowest BCUT2D eigenvalue weighted by Crippen LogP contribution is -2.28. The molecule has 0 saturated carbocycles. The van der Waals surface area contributed by atoms with Crippen molar-refractivity contribution in [2.45, 2.75) is 20.0 Å². The predicted octanol–water partition coefficient (Wildman–Crippen LogP) is 3.03. The fourth-order valence-corrected chi connectivity index (χ4v) is 3.29. The van der Waals surface area contributed by atoms with E-state index in [-0.39, 0.29) is 19.0 Å². The zero-order valence-electron chi connectivity index (χ0n) is 17.0. The van der Waals surface area contributed by atoms with Crippen molar-refractivity contribution in [1.82, 2.24) is 35.3 Å². The molecule has 0 spiro atoms. The third kappa shape index (κ3) is 4.69. The molecule has 9 nitrogen and oxygen atoms in total. The average molecular weight is 436 g/mol. The van der Waals surface area contributed by atoms with Crippen molar-refractivity contribution in [3.05, 3.63) is 64.7 Å². The maximum absolute atomic E-state index is 12.5. The van der Waals surface area contributed by atoms with Crippen LogP contribution in [0.4, 0.5) is 0 Å². The van der Waals surface area contributed by atoms with Crippen molar-refractivity contribution in [2.75, 3.05) is 7.11 Å². The van der Waals surface area contributed by atoms with Gasteiger partial charge < -0.3 is 10.1 Å². The molecule has 0 bridgehead atoms. The lowest BCUT2D eigenvalue weighted by Gasteiger charge is -2.08. The quantitative estimate of drug-likeness (QED) is 0.385. The Hall–Kier alpha value is -3.79. The molecule has 2 heterocycles. The highest BCUT2D eigenvalue weighted by molar-refractivity contribution is 7.71. The van der Waals surface area contributed by atoms with Crippen LogP contribution in [0.3, 0.4) is 0 Å². The number of ether oxygens (including phenoxy) is 1. The molecule has 4 rings (SSSR count). The van der Waals surface area contributed by atoms with Crippen LogP contribution >= 0.6 is 12.2 Å². The molecule has 31 heavy (non-hydrogen) atoms. The standard InChI is InChI=1S/C21H21N7O2S/c1-13-4-3-5-15(10-13)20-26-27-21(31)28(20)12-18(29)22-11-17-23-19(25-24-17)14-6-8-16(30-2)9-7-14/h3-10H,11-12H2,1-2H3,(H,22,29)(H,27,31)(H,23,24,25). The molecule has 0 aliphatic heterocycles. The van der Waals surface area contributed by atoms with Gasteiger partial charge in [-0.05, 0) is 49.5 Å². The van der Waals surface area contributed by atoms with Crippen LogP contribution in [0.2, 0.25) is 0 Å². The van der Waals surface area contributed by atoms with Gasteiger partial charge in [-0.25, -0.2) is 4.98 Å². The molecule has 2 aromatic carbocycles. The highest BCUT2D eigenvalue weighted by Crippen LogP contribution is 2.20. The van der Waals surface area contributed by atoms with Gasteiger partial charge in [0.15, 0.2) is 16.4 Å². The van der Waals surface area contributed by atoms with Crippen molar-refractivity contribution >= 4 is 18.1 Å². The number of aryl methyl sites for hydroxylation is 1. The summed E-state index contributed by atoms with van der Waals surface area (Å²) in [5, 5.41) is 16.9. The minimum absolute atomic E-state index is 0.0398. The smallest absolute Gasteiger partial charge is 0.240 e. The Kier molecular flexibility index (Phi) is 5.89. The lowest BCUT2D eigenvalue weighted by molar-refractivity contribution is -0.121. The third-order valence-corrected chi connectivity index (χ3v) is 4.98. The first-order valence-electron chi connectivity index (χ1n) is 9.58.